The van der Waals surface area contributed by atoms with Crippen molar-refractivity contribution >= 4 is 11.5 Å². The third-order valence-electron chi connectivity index (χ3n) is 4.65. The Kier molecular flexibility index (Phi) is 5.49. The van der Waals surface area contributed by atoms with Gasteiger partial charge in [-0.05, 0) is 30.5 Å². The van der Waals surface area contributed by atoms with Crippen molar-refractivity contribution in [2.75, 3.05) is 25.5 Å². The highest BCUT2D eigenvalue weighted by Crippen LogP contribution is 2.17. The van der Waals surface area contributed by atoms with Gasteiger partial charge in [0.15, 0.2) is 0 Å². The minimum Gasteiger partial charge on any atom is -0.388 e. The monoisotopic (exact) mass is 322 g/mol. The van der Waals surface area contributed by atoms with Crippen molar-refractivity contribution in [3.63, 3.8) is 0 Å². The molecule has 0 radical (unpaired) electrons. The van der Waals surface area contributed by atoms with Crippen LogP contribution in [0.1, 0.15) is 24.0 Å². The Balaban J connectivity index is 1.51. The van der Waals surface area contributed by atoms with E-state index in [-0.39, 0.29) is 0 Å². The van der Waals surface area contributed by atoms with E-state index in [2.05, 4.69) is 45.9 Å². The second-order valence-electron chi connectivity index (χ2n) is 6.35. The van der Waals surface area contributed by atoms with Crippen LogP contribution in [0.3, 0.4) is 0 Å². The van der Waals surface area contributed by atoms with E-state index in [4.69, 9.17) is 5.41 Å². The maximum Gasteiger partial charge on any atom is 0.127 e. The standard InChI is InChI=1S/C20H26N4/c1-22-19-10-6-5-9-18(19)20(21)23-17-11-13-24(14-12-17)15-16-7-3-2-4-8-16/h2-10,17,22H,11-15H2,1H3,(H2,21,23). The fraction of sp³-hybridized carbons (Fsp3) is 0.350. The highest BCUT2D eigenvalue weighted by atomic mass is 15.1. The normalized spacial score (nSPS) is 15.9. The van der Waals surface area contributed by atoms with E-state index in [1.807, 2.05) is 31.3 Å². The number of nitrogens with zero attached hydrogens (tertiary/aromatic N) is 1. The van der Waals surface area contributed by atoms with Crippen LogP contribution in [0.5, 0.6) is 0 Å². The van der Waals surface area contributed by atoms with Gasteiger partial charge in [0.25, 0.3) is 0 Å². The van der Waals surface area contributed by atoms with Crippen LogP contribution in [0.4, 0.5) is 5.69 Å². The van der Waals surface area contributed by atoms with Crippen molar-refractivity contribution in [3.8, 4) is 0 Å². The molecule has 0 spiro atoms. The van der Waals surface area contributed by atoms with Gasteiger partial charge in [-0.25, -0.2) is 0 Å². The van der Waals surface area contributed by atoms with Crippen LogP contribution >= 0.6 is 0 Å². The highest BCUT2D eigenvalue weighted by Gasteiger charge is 2.20. The predicted molar refractivity (Wildman–Crippen MR) is 101 cm³/mol. The van der Waals surface area contributed by atoms with E-state index in [0.29, 0.717) is 11.9 Å². The Labute approximate surface area is 144 Å². The Bertz CT molecular complexity index is 660. The molecule has 0 unspecified atom stereocenters. The summed E-state index contributed by atoms with van der Waals surface area (Å²) in [5.74, 6) is 0.515. The molecular weight excluding hydrogens is 296 g/mol. The summed E-state index contributed by atoms with van der Waals surface area (Å²) < 4.78 is 0. The van der Waals surface area contributed by atoms with E-state index in [9.17, 15) is 0 Å². The number of amidine groups is 1. The molecule has 0 saturated carbocycles. The van der Waals surface area contributed by atoms with Gasteiger partial charge >= 0.3 is 0 Å². The topological polar surface area (TPSA) is 51.2 Å². The molecule has 1 heterocycles. The minimum atomic E-state index is 0.384. The first kappa shape index (κ1) is 16.5. The van der Waals surface area contributed by atoms with Gasteiger partial charge in [-0.1, -0.05) is 42.5 Å². The number of likely N-dealkylation sites (tertiary alicyclic amines) is 1. The van der Waals surface area contributed by atoms with E-state index in [0.717, 1.165) is 43.7 Å². The summed E-state index contributed by atoms with van der Waals surface area (Å²) in [5, 5.41) is 14.9. The number of piperidine rings is 1. The maximum absolute atomic E-state index is 8.38. The molecule has 1 saturated heterocycles. The number of benzene rings is 2. The molecule has 1 aliphatic heterocycles. The number of anilines is 1. The molecule has 3 rings (SSSR count). The Morgan fingerprint density at radius 1 is 1.04 bits per heavy atom. The molecule has 2 aromatic rings. The van der Waals surface area contributed by atoms with Crippen LogP contribution < -0.4 is 10.6 Å². The van der Waals surface area contributed by atoms with Crippen LogP contribution in [0.2, 0.25) is 0 Å². The van der Waals surface area contributed by atoms with Crippen LogP contribution in [0.25, 0.3) is 0 Å². The number of hydrogen-bond donors (Lipinski definition) is 3. The van der Waals surface area contributed by atoms with Crippen molar-refractivity contribution in [1.29, 1.82) is 5.41 Å². The van der Waals surface area contributed by atoms with E-state index < -0.39 is 0 Å². The second kappa shape index (κ2) is 7.97. The average Bonchev–Trinajstić information content (AvgIpc) is 2.64. The van der Waals surface area contributed by atoms with Gasteiger partial charge in [0, 0.05) is 44.0 Å². The van der Waals surface area contributed by atoms with Gasteiger partial charge in [0.1, 0.15) is 5.84 Å². The summed E-state index contributed by atoms with van der Waals surface area (Å²) in [5.41, 5.74) is 3.31. The fourth-order valence-electron chi connectivity index (χ4n) is 3.28. The number of hydrogen-bond acceptors (Lipinski definition) is 3. The van der Waals surface area contributed by atoms with Gasteiger partial charge < -0.3 is 10.6 Å². The number of para-hydroxylation sites is 1. The molecule has 1 aliphatic rings. The number of nitrogens with one attached hydrogen (secondary N) is 3. The molecule has 0 bridgehead atoms. The Morgan fingerprint density at radius 3 is 2.42 bits per heavy atom. The molecule has 4 heteroatoms. The third-order valence-corrected chi connectivity index (χ3v) is 4.65. The van der Waals surface area contributed by atoms with Crippen LogP contribution in [-0.4, -0.2) is 36.9 Å². The molecule has 0 amide bonds. The molecule has 24 heavy (non-hydrogen) atoms. The first-order chi connectivity index (χ1) is 11.8. The molecule has 0 aliphatic carbocycles. The van der Waals surface area contributed by atoms with Crippen molar-refractivity contribution in [3.05, 3.63) is 65.7 Å². The summed E-state index contributed by atoms with van der Waals surface area (Å²) in [4.78, 5) is 2.50. The lowest BCUT2D eigenvalue weighted by Gasteiger charge is -2.33. The Morgan fingerprint density at radius 2 is 1.71 bits per heavy atom. The quantitative estimate of drug-likeness (QED) is 0.585. The summed E-state index contributed by atoms with van der Waals surface area (Å²) in [6, 6.07) is 19.0. The lowest BCUT2D eigenvalue weighted by atomic mass is 10.0. The molecule has 2 aromatic carbocycles. The molecule has 0 aromatic heterocycles. The number of rotatable bonds is 5. The third kappa shape index (κ3) is 4.15. The zero-order valence-corrected chi connectivity index (χ0v) is 14.3. The highest BCUT2D eigenvalue weighted by molar-refractivity contribution is 6.01. The fourth-order valence-corrected chi connectivity index (χ4v) is 3.28. The van der Waals surface area contributed by atoms with Gasteiger partial charge in [-0.3, -0.25) is 10.3 Å². The summed E-state index contributed by atoms with van der Waals surface area (Å²) >= 11 is 0. The van der Waals surface area contributed by atoms with Crippen molar-refractivity contribution < 1.29 is 0 Å². The first-order valence-electron chi connectivity index (χ1n) is 8.65. The summed E-state index contributed by atoms with van der Waals surface area (Å²) in [6.07, 6.45) is 2.16. The van der Waals surface area contributed by atoms with Crippen molar-refractivity contribution in [2.45, 2.75) is 25.4 Å². The molecule has 3 N–H and O–H groups in total. The van der Waals surface area contributed by atoms with Gasteiger partial charge in [0.2, 0.25) is 0 Å². The van der Waals surface area contributed by atoms with Crippen LogP contribution in [-0.2, 0) is 6.54 Å². The van der Waals surface area contributed by atoms with Crippen LogP contribution in [0.15, 0.2) is 54.6 Å². The van der Waals surface area contributed by atoms with Crippen LogP contribution in [0, 0.1) is 5.41 Å². The van der Waals surface area contributed by atoms with Crippen molar-refractivity contribution in [2.24, 2.45) is 0 Å². The average molecular weight is 322 g/mol. The van der Waals surface area contributed by atoms with Gasteiger partial charge in [-0.2, -0.15) is 0 Å². The first-order valence-corrected chi connectivity index (χ1v) is 8.65. The van der Waals surface area contributed by atoms with Gasteiger partial charge in [0.05, 0.1) is 0 Å². The lowest BCUT2D eigenvalue weighted by molar-refractivity contribution is 0.199. The zero-order valence-electron chi connectivity index (χ0n) is 14.3. The molecule has 1 fully saturated rings. The lowest BCUT2D eigenvalue weighted by Crippen LogP contribution is -2.44. The maximum atomic E-state index is 8.38. The largest absolute Gasteiger partial charge is 0.388 e. The molecule has 0 atom stereocenters. The van der Waals surface area contributed by atoms with E-state index in [1.165, 1.54) is 5.56 Å². The second-order valence-corrected chi connectivity index (χ2v) is 6.35. The summed E-state index contributed by atoms with van der Waals surface area (Å²) in [7, 11) is 1.90. The van der Waals surface area contributed by atoms with E-state index in [1.54, 1.807) is 0 Å². The summed E-state index contributed by atoms with van der Waals surface area (Å²) in [6.45, 7) is 3.18. The molecule has 4 nitrogen and oxygen atoms in total. The Hall–Kier alpha value is -2.33. The SMILES string of the molecule is CNc1ccccc1C(=N)NC1CCN(Cc2ccccc2)CC1. The van der Waals surface area contributed by atoms with E-state index >= 15 is 0 Å². The molecule has 126 valence electrons. The van der Waals surface area contributed by atoms with Gasteiger partial charge in [-0.15, -0.1) is 0 Å². The zero-order chi connectivity index (χ0) is 16.8. The van der Waals surface area contributed by atoms with Crippen molar-refractivity contribution in [1.82, 2.24) is 10.2 Å². The smallest absolute Gasteiger partial charge is 0.127 e. The molecular formula is C20H26N4. The predicted octanol–water partition coefficient (Wildman–Crippen LogP) is 3.31. The minimum absolute atomic E-state index is 0.384.